The maximum Gasteiger partial charge on any atom is 0.0898 e. The van der Waals surface area contributed by atoms with Gasteiger partial charge in [-0.3, -0.25) is 0 Å². The van der Waals surface area contributed by atoms with Crippen LogP contribution in [-0.4, -0.2) is 11.5 Å². The smallest absolute Gasteiger partial charge is 0.0898 e. The molecule has 0 fully saturated rings. The van der Waals surface area contributed by atoms with Crippen LogP contribution in [0.25, 0.3) is 0 Å². The van der Waals surface area contributed by atoms with Crippen molar-refractivity contribution in [2.45, 2.75) is 46.6 Å². The lowest BCUT2D eigenvalue weighted by molar-refractivity contribution is 0.420. The van der Waals surface area contributed by atoms with E-state index in [0.717, 1.165) is 17.5 Å². The fourth-order valence-electron chi connectivity index (χ4n) is 1.60. The van der Waals surface area contributed by atoms with E-state index in [1.165, 1.54) is 18.5 Å². The molecule has 0 spiro atoms. The molecule has 1 atom stereocenters. The Hall–Kier alpha value is -0.410. The predicted octanol–water partition coefficient (Wildman–Crippen LogP) is 3.54. The molecule has 1 N–H and O–H groups in total. The molecule has 0 amide bonds. The molecule has 0 saturated carbocycles. The van der Waals surface area contributed by atoms with Crippen molar-refractivity contribution < 1.29 is 0 Å². The first-order chi connectivity index (χ1) is 7.17. The van der Waals surface area contributed by atoms with Crippen molar-refractivity contribution in [2.75, 3.05) is 6.54 Å². The zero-order valence-electron chi connectivity index (χ0n) is 10.2. The van der Waals surface area contributed by atoms with Gasteiger partial charge >= 0.3 is 0 Å². The summed E-state index contributed by atoms with van der Waals surface area (Å²) in [5.74, 6) is 0.798. The van der Waals surface area contributed by atoms with E-state index in [-0.39, 0.29) is 0 Å². The molecule has 0 aliphatic carbocycles. The third-order valence-corrected chi connectivity index (χ3v) is 3.74. The Morgan fingerprint density at radius 2 is 2.07 bits per heavy atom. The summed E-state index contributed by atoms with van der Waals surface area (Å²) in [5.41, 5.74) is 1.18. The molecule has 0 aromatic carbocycles. The van der Waals surface area contributed by atoms with Crippen LogP contribution in [0.2, 0.25) is 0 Å². The van der Waals surface area contributed by atoms with Crippen molar-refractivity contribution in [1.82, 2.24) is 10.3 Å². The highest BCUT2D eigenvalue weighted by molar-refractivity contribution is 7.09. The molecule has 3 heteroatoms. The summed E-state index contributed by atoms with van der Waals surface area (Å²) in [5, 5.41) is 6.86. The summed E-state index contributed by atoms with van der Waals surface area (Å²) in [6.07, 6.45) is 2.51. The van der Waals surface area contributed by atoms with E-state index >= 15 is 0 Å². The molecule has 86 valence electrons. The van der Waals surface area contributed by atoms with E-state index in [4.69, 9.17) is 0 Å². The minimum absolute atomic E-state index is 0.385. The van der Waals surface area contributed by atoms with Crippen LogP contribution in [0, 0.1) is 12.8 Å². The highest BCUT2D eigenvalue weighted by atomic mass is 32.1. The quantitative estimate of drug-likeness (QED) is 0.802. The first-order valence-electron chi connectivity index (χ1n) is 5.82. The molecule has 0 aliphatic heterocycles. The number of thiazole rings is 1. The van der Waals surface area contributed by atoms with Gasteiger partial charge in [-0.25, -0.2) is 4.98 Å². The molecule has 0 bridgehead atoms. The van der Waals surface area contributed by atoms with Crippen LogP contribution in [0.15, 0.2) is 5.38 Å². The number of hydrogen-bond donors (Lipinski definition) is 1. The fraction of sp³-hybridized carbons (Fsp3) is 0.750. The van der Waals surface area contributed by atoms with Gasteiger partial charge in [0.25, 0.3) is 0 Å². The minimum Gasteiger partial charge on any atom is -0.309 e. The topological polar surface area (TPSA) is 24.9 Å². The van der Waals surface area contributed by atoms with E-state index < -0.39 is 0 Å². The fourth-order valence-corrected chi connectivity index (χ4v) is 2.31. The Bertz CT molecular complexity index is 279. The summed E-state index contributed by atoms with van der Waals surface area (Å²) in [6.45, 7) is 9.87. The Balaban J connectivity index is 2.39. The number of hydrogen-bond acceptors (Lipinski definition) is 3. The van der Waals surface area contributed by atoms with E-state index in [0.29, 0.717) is 6.04 Å². The molecular weight excluding hydrogens is 204 g/mol. The van der Waals surface area contributed by atoms with Gasteiger partial charge in [0, 0.05) is 11.4 Å². The van der Waals surface area contributed by atoms with Crippen LogP contribution in [0.1, 0.15) is 50.4 Å². The van der Waals surface area contributed by atoms with Crippen LogP contribution in [-0.2, 0) is 0 Å². The average Bonchev–Trinajstić information content (AvgIpc) is 2.66. The normalized spacial score (nSPS) is 13.4. The molecule has 0 saturated heterocycles. The number of rotatable bonds is 6. The molecule has 1 aromatic heterocycles. The summed E-state index contributed by atoms with van der Waals surface area (Å²) in [6, 6.07) is 0.385. The van der Waals surface area contributed by atoms with E-state index in [9.17, 15) is 0 Å². The number of aryl methyl sites for hydroxylation is 1. The molecule has 2 nitrogen and oxygen atoms in total. The zero-order valence-corrected chi connectivity index (χ0v) is 11.0. The van der Waals surface area contributed by atoms with Crippen LogP contribution >= 0.6 is 11.3 Å². The predicted molar refractivity (Wildman–Crippen MR) is 67.3 cm³/mol. The number of nitrogens with zero attached hydrogens (tertiary/aromatic N) is 1. The summed E-state index contributed by atoms with van der Waals surface area (Å²) in [4.78, 5) is 4.50. The van der Waals surface area contributed by atoms with Crippen molar-refractivity contribution >= 4 is 11.3 Å². The van der Waals surface area contributed by atoms with Crippen molar-refractivity contribution in [2.24, 2.45) is 5.92 Å². The van der Waals surface area contributed by atoms with Gasteiger partial charge in [0.2, 0.25) is 0 Å². The second-order valence-corrected chi connectivity index (χ2v) is 5.17. The van der Waals surface area contributed by atoms with Crippen molar-refractivity contribution in [1.29, 1.82) is 0 Å². The zero-order chi connectivity index (χ0) is 11.3. The SMILES string of the molecule is CCC(CC)CNC(C)c1csc(C)n1. The molecule has 1 unspecified atom stereocenters. The second-order valence-electron chi connectivity index (χ2n) is 4.10. The van der Waals surface area contributed by atoms with E-state index in [1.54, 1.807) is 11.3 Å². The van der Waals surface area contributed by atoms with Gasteiger partial charge in [0.1, 0.15) is 0 Å². The van der Waals surface area contributed by atoms with Gasteiger partial charge in [0.15, 0.2) is 0 Å². The maximum absolute atomic E-state index is 4.50. The van der Waals surface area contributed by atoms with Crippen LogP contribution in [0.4, 0.5) is 0 Å². The Labute approximate surface area is 97.1 Å². The highest BCUT2D eigenvalue weighted by Gasteiger charge is 2.10. The lowest BCUT2D eigenvalue weighted by Crippen LogP contribution is -2.25. The van der Waals surface area contributed by atoms with Gasteiger partial charge in [-0.05, 0) is 26.3 Å². The molecule has 15 heavy (non-hydrogen) atoms. The first-order valence-corrected chi connectivity index (χ1v) is 6.70. The van der Waals surface area contributed by atoms with Crippen molar-refractivity contribution in [3.05, 3.63) is 16.1 Å². The average molecular weight is 226 g/mol. The molecule has 0 radical (unpaired) electrons. The standard InChI is InChI=1S/C12H22N2S/c1-5-11(6-2)7-13-9(3)12-8-15-10(4)14-12/h8-9,11,13H,5-7H2,1-4H3. The van der Waals surface area contributed by atoms with E-state index in [1.807, 2.05) is 0 Å². The Kier molecular flexibility index (Phi) is 5.26. The first kappa shape index (κ1) is 12.7. The molecule has 1 heterocycles. The molecular formula is C12H22N2S. The maximum atomic E-state index is 4.50. The van der Waals surface area contributed by atoms with Crippen molar-refractivity contribution in [3.8, 4) is 0 Å². The molecule has 1 aromatic rings. The highest BCUT2D eigenvalue weighted by Crippen LogP contribution is 2.16. The molecule has 1 rings (SSSR count). The summed E-state index contributed by atoms with van der Waals surface area (Å²) < 4.78 is 0. The largest absolute Gasteiger partial charge is 0.309 e. The number of aromatic nitrogens is 1. The molecule has 0 aliphatic rings. The van der Waals surface area contributed by atoms with Gasteiger partial charge < -0.3 is 5.32 Å². The van der Waals surface area contributed by atoms with E-state index in [2.05, 4.69) is 43.4 Å². The van der Waals surface area contributed by atoms with Crippen LogP contribution in [0.5, 0.6) is 0 Å². The summed E-state index contributed by atoms with van der Waals surface area (Å²) in [7, 11) is 0. The van der Waals surface area contributed by atoms with Crippen molar-refractivity contribution in [3.63, 3.8) is 0 Å². The third kappa shape index (κ3) is 3.92. The lowest BCUT2D eigenvalue weighted by Gasteiger charge is -2.17. The van der Waals surface area contributed by atoms with Crippen LogP contribution in [0.3, 0.4) is 0 Å². The van der Waals surface area contributed by atoms with Gasteiger partial charge in [-0.1, -0.05) is 26.7 Å². The van der Waals surface area contributed by atoms with Crippen LogP contribution < -0.4 is 5.32 Å². The minimum atomic E-state index is 0.385. The second kappa shape index (κ2) is 6.23. The Morgan fingerprint density at radius 1 is 1.40 bits per heavy atom. The van der Waals surface area contributed by atoms with Gasteiger partial charge in [-0.2, -0.15) is 0 Å². The summed E-state index contributed by atoms with van der Waals surface area (Å²) >= 11 is 1.73. The third-order valence-electron chi connectivity index (χ3n) is 2.95. The lowest BCUT2D eigenvalue weighted by atomic mass is 10.0. The monoisotopic (exact) mass is 226 g/mol. The number of nitrogens with one attached hydrogen (secondary N) is 1. The van der Waals surface area contributed by atoms with Gasteiger partial charge in [-0.15, -0.1) is 11.3 Å². The Morgan fingerprint density at radius 3 is 2.53 bits per heavy atom. The van der Waals surface area contributed by atoms with Gasteiger partial charge in [0.05, 0.1) is 10.7 Å².